The van der Waals surface area contributed by atoms with Gasteiger partial charge in [-0.1, -0.05) is 55.3 Å². The molecule has 7 heteroatoms. The van der Waals surface area contributed by atoms with E-state index in [0.29, 0.717) is 47.2 Å². The predicted octanol–water partition coefficient (Wildman–Crippen LogP) is 8.24. The lowest BCUT2D eigenvalue weighted by Crippen LogP contribution is -2.42. The van der Waals surface area contributed by atoms with E-state index < -0.39 is 5.92 Å². The van der Waals surface area contributed by atoms with E-state index in [9.17, 15) is 10.1 Å². The lowest BCUT2D eigenvalue weighted by molar-refractivity contribution is -0.118. The third-order valence-corrected chi connectivity index (χ3v) is 8.62. The summed E-state index contributed by atoms with van der Waals surface area (Å²) in [7, 11) is 0. The fourth-order valence-corrected chi connectivity index (χ4v) is 6.42. The molecule has 1 aliphatic carbocycles. The number of nitrogens with zero attached hydrogens (tertiary/aromatic N) is 2. The molecular weight excluding hydrogens is 586 g/mol. The summed E-state index contributed by atoms with van der Waals surface area (Å²) in [5, 5.41) is 11.2. The highest BCUT2D eigenvalue weighted by molar-refractivity contribution is 9.10. The Morgan fingerprint density at radius 2 is 1.82 bits per heavy atom. The number of carbonyl (C=O) groups excluding carboxylic acids is 1. The Hall–Kier alpha value is -3.53. The van der Waals surface area contributed by atoms with Gasteiger partial charge in [0.15, 0.2) is 5.78 Å². The maximum Gasteiger partial charge on any atom is 0.162 e. The standard InChI is InChI=1S/C33H31BrClN3O2/c1-19-13-21(18-40-23-11-9-22(35)10-12-23)20(2)24(14-19)30-25(17-36)32(37)38(27-8-6-5-7-26(27)34)28-15-33(3,4)16-29(39)31(28)30/h5-14,30H,15-16,18,37H2,1-4H3. The first-order chi connectivity index (χ1) is 19.0. The largest absolute Gasteiger partial charge is 0.489 e. The van der Waals surface area contributed by atoms with Gasteiger partial charge in [-0.2, -0.15) is 5.26 Å². The Bertz CT molecular complexity index is 1620. The second-order valence-electron chi connectivity index (χ2n) is 11.3. The van der Waals surface area contributed by atoms with Crippen molar-refractivity contribution in [2.24, 2.45) is 11.1 Å². The number of aryl methyl sites for hydroxylation is 1. The van der Waals surface area contributed by atoms with E-state index in [0.717, 1.165) is 38.1 Å². The number of rotatable bonds is 5. The predicted molar refractivity (Wildman–Crippen MR) is 163 cm³/mol. The number of hydrogen-bond acceptors (Lipinski definition) is 5. The van der Waals surface area contributed by atoms with Crippen molar-refractivity contribution in [3.8, 4) is 11.8 Å². The number of allylic oxidation sites excluding steroid dienone is 3. The molecule has 0 aromatic heterocycles. The molecule has 0 amide bonds. The van der Waals surface area contributed by atoms with Crippen LogP contribution >= 0.6 is 27.5 Å². The highest BCUT2D eigenvalue weighted by Gasteiger charge is 2.45. The molecular formula is C33H31BrClN3O2. The number of carbonyl (C=O) groups is 1. The molecule has 0 fully saturated rings. The Morgan fingerprint density at radius 3 is 2.50 bits per heavy atom. The van der Waals surface area contributed by atoms with Crippen LogP contribution in [0, 0.1) is 30.6 Å². The van der Waals surface area contributed by atoms with Crippen LogP contribution in [0.15, 0.2) is 87.8 Å². The summed E-state index contributed by atoms with van der Waals surface area (Å²) in [6.45, 7) is 8.59. The van der Waals surface area contributed by atoms with E-state index in [1.807, 2.05) is 55.1 Å². The molecule has 40 heavy (non-hydrogen) atoms. The van der Waals surface area contributed by atoms with Gasteiger partial charge in [0.25, 0.3) is 0 Å². The van der Waals surface area contributed by atoms with Crippen LogP contribution in [0.2, 0.25) is 5.02 Å². The minimum absolute atomic E-state index is 0.0495. The zero-order chi connectivity index (χ0) is 28.8. The number of para-hydroxylation sites is 1. The fourth-order valence-electron chi connectivity index (χ4n) is 5.83. The van der Waals surface area contributed by atoms with E-state index in [2.05, 4.69) is 48.0 Å². The number of benzene rings is 3. The van der Waals surface area contributed by atoms with Crippen molar-refractivity contribution >= 4 is 39.0 Å². The van der Waals surface area contributed by atoms with E-state index >= 15 is 0 Å². The molecule has 0 radical (unpaired) electrons. The van der Waals surface area contributed by atoms with Crippen LogP contribution in [0.1, 0.15) is 54.9 Å². The van der Waals surface area contributed by atoms with Crippen molar-refractivity contribution in [1.29, 1.82) is 5.26 Å². The zero-order valence-corrected chi connectivity index (χ0v) is 25.4. The second kappa shape index (κ2) is 10.8. The van der Waals surface area contributed by atoms with Gasteiger partial charge in [-0.3, -0.25) is 9.69 Å². The van der Waals surface area contributed by atoms with E-state index in [-0.39, 0.29) is 11.2 Å². The molecule has 0 saturated carbocycles. The number of halogens is 2. The number of Topliss-reactive ketones (excluding diaryl/α,β-unsaturated/α-hetero) is 1. The summed E-state index contributed by atoms with van der Waals surface area (Å²) < 4.78 is 6.93. The number of ketones is 1. The van der Waals surface area contributed by atoms with Crippen molar-refractivity contribution in [2.75, 3.05) is 4.90 Å². The third kappa shape index (κ3) is 5.16. The van der Waals surface area contributed by atoms with Crippen LogP contribution in [0.25, 0.3) is 0 Å². The third-order valence-electron chi connectivity index (χ3n) is 7.69. The molecule has 0 saturated heterocycles. The lowest BCUT2D eigenvalue weighted by atomic mass is 9.68. The molecule has 0 bridgehead atoms. The molecule has 1 atom stereocenters. The monoisotopic (exact) mass is 615 g/mol. The number of nitrogens with two attached hydrogens (primary N) is 1. The summed E-state index contributed by atoms with van der Waals surface area (Å²) in [6, 6.07) is 21.6. The van der Waals surface area contributed by atoms with Gasteiger partial charge in [0.1, 0.15) is 18.2 Å². The molecule has 2 aliphatic rings. The number of nitriles is 1. The van der Waals surface area contributed by atoms with Crippen molar-refractivity contribution in [2.45, 2.75) is 53.1 Å². The summed E-state index contributed by atoms with van der Waals surface area (Å²) in [5.74, 6) is 0.554. The Kier molecular flexibility index (Phi) is 7.56. The van der Waals surface area contributed by atoms with Crippen LogP contribution in [-0.2, 0) is 11.4 Å². The van der Waals surface area contributed by atoms with Gasteiger partial charge in [-0.15, -0.1) is 0 Å². The first kappa shape index (κ1) is 28.0. The van der Waals surface area contributed by atoms with Gasteiger partial charge in [0.2, 0.25) is 0 Å². The summed E-state index contributed by atoms with van der Waals surface area (Å²) in [6.07, 6.45) is 1.06. The van der Waals surface area contributed by atoms with Gasteiger partial charge in [0.05, 0.1) is 23.2 Å². The summed E-state index contributed by atoms with van der Waals surface area (Å²) >= 11 is 9.69. The van der Waals surface area contributed by atoms with Crippen molar-refractivity contribution in [1.82, 2.24) is 0 Å². The molecule has 2 N–H and O–H groups in total. The Morgan fingerprint density at radius 1 is 1.12 bits per heavy atom. The molecule has 3 aromatic carbocycles. The van der Waals surface area contributed by atoms with Crippen LogP contribution in [0.4, 0.5) is 5.69 Å². The molecule has 0 spiro atoms. The van der Waals surface area contributed by atoms with Gasteiger partial charge in [-0.05, 0) is 94.7 Å². The minimum atomic E-state index is -0.559. The normalized spacial score (nSPS) is 18.5. The summed E-state index contributed by atoms with van der Waals surface area (Å²) in [5.41, 5.74) is 13.2. The molecule has 204 valence electrons. The molecule has 1 unspecified atom stereocenters. The maximum atomic E-state index is 14.0. The van der Waals surface area contributed by atoms with E-state index in [1.54, 1.807) is 12.1 Å². The Balaban J connectivity index is 1.67. The van der Waals surface area contributed by atoms with Crippen molar-refractivity contribution < 1.29 is 9.53 Å². The quantitative estimate of drug-likeness (QED) is 0.312. The van der Waals surface area contributed by atoms with Crippen LogP contribution < -0.4 is 15.4 Å². The summed E-state index contributed by atoms with van der Waals surface area (Å²) in [4.78, 5) is 15.9. The number of anilines is 1. The van der Waals surface area contributed by atoms with E-state index in [1.165, 1.54) is 0 Å². The van der Waals surface area contributed by atoms with Crippen LogP contribution in [0.5, 0.6) is 5.75 Å². The Labute approximate surface area is 249 Å². The van der Waals surface area contributed by atoms with Crippen LogP contribution in [0.3, 0.4) is 0 Å². The van der Waals surface area contributed by atoms with Gasteiger partial charge >= 0.3 is 0 Å². The average molecular weight is 617 g/mol. The highest BCUT2D eigenvalue weighted by atomic mass is 79.9. The van der Waals surface area contributed by atoms with Gasteiger partial charge in [0, 0.05) is 27.2 Å². The SMILES string of the molecule is Cc1cc(COc2ccc(Cl)cc2)c(C)c(C2C(C#N)=C(N)N(c3ccccc3Br)C3=C2C(=O)CC(C)(C)C3)c1. The van der Waals surface area contributed by atoms with Crippen LogP contribution in [-0.4, -0.2) is 5.78 Å². The zero-order valence-electron chi connectivity index (χ0n) is 23.0. The number of hydrogen-bond donors (Lipinski definition) is 1. The average Bonchev–Trinajstić information content (AvgIpc) is 2.89. The second-order valence-corrected chi connectivity index (χ2v) is 12.6. The highest BCUT2D eigenvalue weighted by Crippen LogP contribution is 2.51. The van der Waals surface area contributed by atoms with Crippen molar-refractivity contribution in [3.63, 3.8) is 0 Å². The first-order valence-electron chi connectivity index (χ1n) is 13.2. The van der Waals surface area contributed by atoms with Gasteiger partial charge < -0.3 is 10.5 Å². The first-order valence-corrected chi connectivity index (χ1v) is 14.4. The molecule has 1 heterocycles. The molecule has 5 rings (SSSR count). The molecule has 1 aliphatic heterocycles. The molecule has 3 aromatic rings. The van der Waals surface area contributed by atoms with E-state index in [4.69, 9.17) is 22.1 Å². The number of ether oxygens (including phenoxy) is 1. The van der Waals surface area contributed by atoms with Gasteiger partial charge in [-0.25, -0.2) is 0 Å². The minimum Gasteiger partial charge on any atom is -0.489 e. The topological polar surface area (TPSA) is 79.3 Å². The maximum absolute atomic E-state index is 14.0. The fraction of sp³-hybridized carbons (Fsp3) is 0.273. The lowest BCUT2D eigenvalue weighted by Gasteiger charge is -2.44. The molecule has 5 nitrogen and oxygen atoms in total. The van der Waals surface area contributed by atoms with Crippen molar-refractivity contribution in [3.05, 3.63) is 115 Å². The smallest absolute Gasteiger partial charge is 0.162 e.